The maximum atomic E-state index is 10.7. The van der Waals surface area contributed by atoms with Gasteiger partial charge in [-0.3, -0.25) is 9.59 Å². The van der Waals surface area contributed by atoms with Crippen LogP contribution in [0.5, 0.6) is 0 Å². The van der Waals surface area contributed by atoms with E-state index in [0.29, 0.717) is 11.5 Å². The third-order valence-corrected chi connectivity index (χ3v) is 3.89. The monoisotopic (exact) mass is 238 g/mol. The maximum Gasteiger partial charge on any atom is 0.321 e. The lowest BCUT2D eigenvalue weighted by atomic mass is 10.3. The molecular formula is C7H14N2O3S2. The first-order valence-electron chi connectivity index (χ1n) is 3.94. The molecule has 2 atom stereocenters. The largest absolute Gasteiger partial charge is 0.480 e. The fourth-order valence-corrected chi connectivity index (χ4v) is 2.75. The van der Waals surface area contributed by atoms with E-state index >= 15 is 0 Å². The lowest BCUT2D eigenvalue weighted by Crippen LogP contribution is -2.32. The third kappa shape index (κ3) is 6.25. The summed E-state index contributed by atoms with van der Waals surface area (Å²) in [7, 11) is 2.68. The molecule has 0 aliphatic heterocycles. The highest BCUT2D eigenvalue weighted by atomic mass is 33.1. The number of carboxylic acid groups (broad SMARTS) is 1. The van der Waals surface area contributed by atoms with Gasteiger partial charge in [-0.05, 0) is 6.92 Å². The van der Waals surface area contributed by atoms with E-state index in [1.54, 1.807) is 0 Å². The number of ketones is 1. The molecule has 7 heteroatoms. The van der Waals surface area contributed by atoms with Gasteiger partial charge in [-0.25, -0.2) is 0 Å². The Morgan fingerprint density at radius 2 is 1.64 bits per heavy atom. The lowest BCUT2D eigenvalue weighted by Gasteiger charge is -2.07. The summed E-state index contributed by atoms with van der Waals surface area (Å²) in [6, 6.07) is -1.34. The van der Waals surface area contributed by atoms with Gasteiger partial charge in [0.05, 0.1) is 6.04 Å². The van der Waals surface area contributed by atoms with Crippen molar-refractivity contribution < 1.29 is 14.7 Å². The Balaban J connectivity index is 3.47. The van der Waals surface area contributed by atoms with E-state index in [1.165, 1.54) is 28.5 Å². The number of carboxylic acids is 1. The molecule has 0 aromatic heterocycles. The van der Waals surface area contributed by atoms with Gasteiger partial charge in [-0.2, -0.15) is 0 Å². The van der Waals surface area contributed by atoms with Crippen molar-refractivity contribution in [2.75, 3.05) is 11.5 Å². The van der Waals surface area contributed by atoms with Crippen LogP contribution in [-0.4, -0.2) is 40.4 Å². The summed E-state index contributed by atoms with van der Waals surface area (Å²) in [5.74, 6) is -0.300. The smallest absolute Gasteiger partial charge is 0.321 e. The van der Waals surface area contributed by atoms with Crippen molar-refractivity contribution in [1.29, 1.82) is 0 Å². The second kappa shape index (κ2) is 7.10. The standard InChI is InChI=1S/C7H14N2O3S2/c1-4(10)5(8)2-13-14-3-6(9)7(11)12/h5-6H,2-3,8-9H2,1H3,(H,11,12)/t5-,6-/m0/s1. The summed E-state index contributed by atoms with van der Waals surface area (Å²) in [6.07, 6.45) is 0. The van der Waals surface area contributed by atoms with Gasteiger partial charge in [0.25, 0.3) is 0 Å². The van der Waals surface area contributed by atoms with Crippen LogP contribution in [0.3, 0.4) is 0 Å². The molecule has 0 bridgehead atoms. The van der Waals surface area contributed by atoms with Crippen LogP contribution in [0.4, 0.5) is 0 Å². The Labute approximate surface area is 90.4 Å². The quantitative estimate of drug-likeness (QED) is 0.413. The van der Waals surface area contributed by atoms with Crippen LogP contribution in [-0.2, 0) is 9.59 Å². The Kier molecular flexibility index (Phi) is 6.98. The van der Waals surface area contributed by atoms with E-state index in [9.17, 15) is 9.59 Å². The highest BCUT2D eigenvalue weighted by Crippen LogP contribution is 2.22. The molecular weight excluding hydrogens is 224 g/mol. The van der Waals surface area contributed by atoms with Crippen molar-refractivity contribution in [2.45, 2.75) is 19.0 Å². The van der Waals surface area contributed by atoms with E-state index in [0.717, 1.165) is 0 Å². The van der Waals surface area contributed by atoms with Crippen LogP contribution in [0.2, 0.25) is 0 Å². The molecule has 0 rings (SSSR count). The molecule has 0 fully saturated rings. The van der Waals surface area contributed by atoms with Gasteiger partial charge < -0.3 is 16.6 Å². The number of aliphatic carboxylic acids is 1. The van der Waals surface area contributed by atoms with Crippen LogP contribution in [0.25, 0.3) is 0 Å². The number of Topliss-reactive ketones (excluding diaryl/α,β-unsaturated/α-hetero) is 1. The molecule has 0 saturated carbocycles. The normalized spacial score (nSPS) is 14.8. The predicted octanol–water partition coefficient (Wildman–Crippen LogP) is -0.304. The molecule has 5 nitrogen and oxygen atoms in total. The molecule has 0 aromatic carbocycles. The molecule has 0 aliphatic rings. The zero-order valence-electron chi connectivity index (χ0n) is 7.80. The number of hydrogen-bond donors (Lipinski definition) is 3. The molecule has 0 aliphatic carbocycles. The summed E-state index contributed by atoms with van der Waals surface area (Å²) in [5, 5.41) is 8.45. The van der Waals surface area contributed by atoms with Gasteiger partial charge in [0.15, 0.2) is 0 Å². The van der Waals surface area contributed by atoms with E-state index in [-0.39, 0.29) is 5.78 Å². The van der Waals surface area contributed by atoms with Gasteiger partial charge in [-0.1, -0.05) is 21.6 Å². The third-order valence-electron chi connectivity index (χ3n) is 1.42. The Hall–Kier alpha value is -0.240. The van der Waals surface area contributed by atoms with E-state index < -0.39 is 18.1 Å². The predicted molar refractivity (Wildman–Crippen MR) is 59.2 cm³/mol. The van der Waals surface area contributed by atoms with Crippen LogP contribution in [0.15, 0.2) is 0 Å². The second-order valence-corrected chi connectivity index (χ2v) is 5.28. The highest BCUT2D eigenvalue weighted by Gasteiger charge is 2.12. The molecule has 0 saturated heterocycles. The van der Waals surface area contributed by atoms with Gasteiger partial charge in [0.2, 0.25) is 0 Å². The lowest BCUT2D eigenvalue weighted by molar-refractivity contribution is -0.137. The highest BCUT2D eigenvalue weighted by molar-refractivity contribution is 8.76. The minimum atomic E-state index is -1.02. The molecule has 14 heavy (non-hydrogen) atoms. The van der Waals surface area contributed by atoms with Gasteiger partial charge in [-0.15, -0.1) is 0 Å². The number of carbonyl (C=O) groups excluding carboxylic acids is 1. The first-order valence-corrected chi connectivity index (χ1v) is 6.42. The van der Waals surface area contributed by atoms with Crippen molar-refractivity contribution in [3.05, 3.63) is 0 Å². The van der Waals surface area contributed by atoms with Crippen molar-refractivity contribution in [3.63, 3.8) is 0 Å². The molecule has 5 N–H and O–H groups in total. The van der Waals surface area contributed by atoms with E-state index in [1.807, 2.05) is 0 Å². The van der Waals surface area contributed by atoms with Crippen LogP contribution < -0.4 is 11.5 Å². The SMILES string of the molecule is CC(=O)[C@@H](N)CSSC[C@H](N)C(=O)O. The molecule has 82 valence electrons. The van der Waals surface area contributed by atoms with Gasteiger partial charge in [0.1, 0.15) is 11.8 Å². The fraction of sp³-hybridized carbons (Fsp3) is 0.714. The molecule has 0 spiro atoms. The van der Waals surface area contributed by atoms with Gasteiger partial charge in [0, 0.05) is 11.5 Å². The Bertz CT molecular complexity index is 191. The van der Waals surface area contributed by atoms with Crippen LogP contribution in [0.1, 0.15) is 6.92 Å². The zero-order chi connectivity index (χ0) is 11.1. The number of nitrogens with two attached hydrogens (primary N) is 2. The van der Waals surface area contributed by atoms with E-state index in [2.05, 4.69) is 0 Å². The minimum absolute atomic E-state index is 0.0689. The van der Waals surface area contributed by atoms with E-state index in [4.69, 9.17) is 16.6 Å². The first-order chi connectivity index (χ1) is 6.45. The number of hydrogen-bond acceptors (Lipinski definition) is 6. The summed E-state index contributed by atoms with van der Waals surface area (Å²) in [5.41, 5.74) is 10.7. The fourth-order valence-electron chi connectivity index (χ4n) is 0.431. The molecule has 0 amide bonds. The number of rotatable bonds is 7. The summed E-state index contributed by atoms with van der Waals surface area (Å²) in [4.78, 5) is 21.0. The second-order valence-electron chi connectivity index (χ2n) is 2.73. The Morgan fingerprint density at radius 3 is 2.00 bits per heavy atom. The molecule has 0 radical (unpaired) electrons. The van der Waals surface area contributed by atoms with Crippen LogP contribution >= 0.6 is 21.6 Å². The molecule has 0 unspecified atom stereocenters. The van der Waals surface area contributed by atoms with Crippen LogP contribution in [0, 0.1) is 0 Å². The average Bonchev–Trinajstić information content (AvgIpc) is 2.11. The summed E-state index contributed by atoms with van der Waals surface area (Å²) >= 11 is 0. The van der Waals surface area contributed by atoms with Crippen molar-refractivity contribution in [1.82, 2.24) is 0 Å². The minimum Gasteiger partial charge on any atom is -0.480 e. The number of carbonyl (C=O) groups is 2. The maximum absolute atomic E-state index is 10.7. The molecule has 0 heterocycles. The Morgan fingerprint density at radius 1 is 1.21 bits per heavy atom. The zero-order valence-corrected chi connectivity index (χ0v) is 9.44. The molecule has 0 aromatic rings. The van der Waals surface area contributed by atoms with Gasteiger partial charge >= 0.3 is 5.97 Å². The van der Waals surface area contributed by atoms with Crippen molar-refractivity contribution in [2.24, 2.45) is 11.5 Å². The van der Waals surface area contributed by atoms with Crippen molar-refractivity contribution in [3.8, 4) is 0 Å². The summed E-state index contributed by atoms with van der Waals surface area (Å²) in [6.45, 7) is 1.43. The summed E-state index contributed by atoms with van der Waals surface area (Å²) < 4.78 is 0. The topological polar surface area (TPSA) is 106 Å². The average molecular weight is 238 g/mol. The first kappa shape index (κ1) is 13.8. The van der Waals surface area contributed by atoms with Crippen molar-refractivity contribution >= 4 is 33.3 Å².